The van der Waals surface area contributed by atoms with Gasteiger partial charge in [-0.3, -0.25) is 0 Å². The Labute approximate surface area is 113 Å². The van der Waals surface area contributed by atoms with Crippen molar-refractivity contribution >= 4 is 54.5 Å². The van der Waals surface area contributed by atoms with Gasteiger partial charge in [-0.25, -0.2) is 0 Å². The Kier molecular flexibility index (Phi) is 4.25. The third-order valence-corrected chi connectivity index (χ3v) is 4.21. The van der Waals surface area contributed by atoms with E-state index in [1.54, 1.807) is 22.7 Å². The van der Waals surface area contributed by atoms with Gasteiger partial charge in [0.25, 0.3) is 0 Å². The average Bonchev–Trinajstić information content (AvgIpc) is 2.85. The Morgan fingerprint density at radius 3 is 2.73 bits per heavy atom. The number of hydrogen-bond donors (Lipinski definition) is 0. The highest BCUT2D eigenvalue weighted by atomic mass is 79.9. The molecule has 2 aromatic rings. The molecule has 0 atom stereocenters. The van der Waals surface area contributed by atoms with E-state index in [-0.39, 0.29) is 3.74 Å². The number of halogens is 2. The van der Waals surface area contributed by atoms with Gasteiger partial charge in [0.15, 0.2) is 0 Å². The Morgan fingerprint density at radius 2 is 2.07 bits per heavy atom. The van der Waals surface area contributed by atoms with Crippen molar-refractivity contribution < 1.29 is 4.74 Å². The Morgan fingerprint density at radius 1 is 1.20 bits per heavy atom. The summed E-state index contributed by atoms with van der Waals surface area (Å²) in [6, 6.07) is 6.19. The molecule has 2 aromatic heterocycles. The van der Waals surface area contributed by atoms with Crippen LogP contribution in [0, 0.1) is 0 Å². The van der Waals surface area contributed by atoms with Crippen molar-refractivity contribution in [1.82, 2.24) is 0 Å². The van der Waals surface area contributed by atoms with Gasteiger partial charge in [-0.15, -0.1) is 22.7 Å². The van der Waals surface area contributed by atoms with E-state index >= 15 is 0 Å². The lowest BCUT2D eigenvalue weighted by Crippen LogP contribution is -2.03. The molecule has 0 saturated carbocycles. The molecule has 15 heavy (non-hydrogen) atoms. The van der Waals surface area contributed by atoms with Gasteiger partial charge in [0.1, 0.15) is 16.1 Å². The van der Waals surface area contributed by atoms with Crippen LogP contribution in [0.3, 0.4) is 0 Å². The Hall–Kier alpha value is 0.160. The van der Waals surface area contributed by atoms with Crippen molar-refractivity contribution in [3.63, 3.8) is 0 Å². The second-order valence-electron chi connectivity index (χ2n) is 2.79. The SMILES string of the molecule is BrC(Br)COc1ccsc1-c1cccs1. The predicted molar refractivity (Wildman–Crippen MR) is 74.8 cm³/mol. The van der Waals surface area contributed by atoms with Gasteiger partial charge >= 0.3 is 0 Å². The largest absolute Gasteiger partial charge is 0.490 e. The van der Waals surface area contributed by atoms with Crippen molar-refractivity contribution in [2.45, 2.75) is 3.74 Å². The Bertz CT molecular complexity index is 409. The molecule has 1 nitrogen and oxygen atoms in total. The number of rotatable bonds is 4. The van der Waals surface area contributed by atoms with Gasteiger partial charge in [-0.2, -0.15) is 0 Å². The molecule has 0 radical (unpaired) electrons. The zero-order valence-corrected chi connectivity index (χ0v) is 12.5. The van der Waals surface area contributed by atoms with Gasteiger partial charge in [0.05, 0.1) is 4.88 Å². The van der Waals surface area contributed by atoms with Crippen LogP contribution in [0.5, 0.6) is 5.75 Å². The number of thiophene rings is 2. The van der Waals surface area contributed by atoms with Gasteiger partial charge < -0.3 is 4.74 Å². The van der Waals surface area contributed by atoms with Crippen LogP contribution >= 0.6 is 54.5 Å². The fourth-order valence-electron chi connectivity index (χ4n) is 1.15. The fourth-order valence-corrected chi connectivity index (χ4v) is 3.13. The quantitative estimate of drug-likeness (QED) is 0.693. The molecule has 2 heterocycles. The summed E-state index contributed by atoms with van der Waals surface area (Å²) in [6.07, 6.45) is 0. The lowest BCUT2D eigenvalue weighted by molar-refractivity contribution is 0.343. The molecule has 0 aliphatic carbocycles. The molecule has 5 heteroatoms. The van der Waals surface area contributed by atoms with Crippen LogP contribution in [-0.2, 0) is 0 Å². The summed E-state index contributed by atoms with van der Waals surface area (Å²) >= 11 is 10.2. The highest BCUT2D eigenvalue weighted by Gasteiger charge is 2.09. The molecule has 0 aliphatic heterocycles. The van der Waals surface area contributed by atoms with Crippen LogP contribution in [-0.4, -0.2) is 10.3 Å². The topological polar surface area (TPSA) is 9.23 Å². The van der Waals surface area contributed by atoms with E-state index in [0.717, 1.165) is 5.75 Å². The zero-order chi connectivity index (χ0) is 10.7. The van der Waals surface area contributed by atoms with Gasteiger partial charge in [0, 0.05) is 4.88 Å². The summed E-state index contributed by atoms with van der Waals surface area (Å²) in [4.78, 5) is 2.48. The maximum atomic E-state index is 5.69. The Balaban J connectivity index is 2.16. The molecule has 0 bridgehead atoms. The number of hydrogen-bond acceptors (Lipinski definition) is 3. The lowest BCUT2D eigenvalue weighted by atomic mass is 10.3. The van der Waals surface area contributed by atoms with Crippen LogP contribution in [0.25, 0.3) is 9.75 Å². The summed E-state index contributed by atoms with van der Waals surface area (Å²) in [5.41, 5.74) is 0. The van der Waals surface area contributed by atoms with E-state index in [1.165, 1.54) is 9.75 Å². The summed E-state index contributed by atoms with van der Waals surface area (Å²) < 4.78 is 5.88. The minimum atomic E-state index is 0.195. The van der Waals surface area contributed by atoms with E-state index in [1.807, 2.05) is 6.07 Å². The first-order valence-corrected chi connectivity index (χ1v) is 7.89. The molecule has 0 saturated heterocycles. The van der Waals surface area contributed by atoms with Crippen LogP contribution in [0.2, 0.25) is 0 Å². The third kappa shape index (κ3) is 3.06. The van der Waals surface area contributed by atoms with Gasteiger partial charge in [-0.05, 0) is 22.9 Å². The maximum absolute atomic E-state index is 5.69. The number of alkyl halides is 2. The highest BCUT2D eigenvalue weighted by molar-refractivity contribution is 9.24. The molecule has 0 amide bonds. The van der Waals surface area contributed by atoms with E-state index in [4.69, 9.17) is 4.74 Å². The maximum Gasteiger partial charge on any atom is 0.138 e. The van der Waals surface area contributed by atoms with Crippen molar-refractivity contribution in [2.75, 3.05) is 6.61 Å². The van der Waals surface area contributed by atoms with Gasteiger partial charge in [-0.1, -0.05) is 37.9 Å². The van der Waals surface area contributed by atoms with E-state index in [0.29, 0.717) is 6.61 Å². The highest BCUT2D eigenvalue weighted by Crippen LogP contribution is 2.38. The van der Waals surface area contributed by atoms with Crippen LogP contribution < -0.4 is 4.74 Å². The normalized spacial score (nSPS) is 10.9. The molecule has 0 fully saturated rings. The monoisotopic (exact) mass is 366 g/mol. The predicted octanol–water partition coefficient (Wildman–Crippen LogP) is 4.97. The smallest absolute Gasteiger partial charge is 0.138 e. The van der Waals surface area contributed by atoms with Crippen LogP contribution in [0.4, 0.5) is 0 Å². The standard InChI is InChI=1S/C10H8Br2OS2/c11-9(12)6-13-7-3-5-15-10(7)8-2-1-4-14-8/h1-5,9H,6H2. The zero-order valence-electron chi connectivity index (χ0n) is 7.65. The first-order chi connectivity index (χ1) is 7.27. The molecule has 0 aromatic carbocycles. The van der Waals surface area contributed by atoms with Gasteiger partial charge in [0.2, 0.25) is 0 Å². The summed E-state index contributed by atoms with van der Waals surface area (Å²) in [7, 11) is 0. The second kappa shape index (κ2) is 5.48. The van der Waals surface area contributed by atoms with Crippen LogP contribution in [0.1, 0.15) is 0 Å². The van der Waals surface area contributed by atoms with Crippen molar-refractivity contribution in [3.8, 4) is 15.5 Å². The van der Waals surface area contributed by atoms with Crippen molar-refractivity contribution in [2.24, 2.45) is 0 Å². The molecule has 0 aliphatic rings. The molecule has 2 rings (SSSR count). The fraction of sp³-hybridized carbons (Fsp3) is 0.200. The molecular weight excluding hydrogens is 360 g/mol. The molecule has 0 N–H and O–H groups in total. The van der Waals surface area contributed by atoms with Crippen LogP contribution in [0.15, 0.2) is 29.0 Å². The minimum Gasteiger partial charge on any atom is -0.490 e. The summed E-state index contributed by atoms with van der Waals surface area (Å²) in [5.74, 6) is 0.964. The summed E-state index contributed by atoms with van der Waals surface area (Å²) in [6.45, 7) is 0.620. The van der Waals surface area contributed by atoms with E-state index in [9.17, 15) is 0 Å². The molecular formula is C10H8Br2OS2. The first kappa shape index (κ1) is 11.6. The minimum absolute atomic E-state index is 0.195. The average molecular weight is 368 g/mol. The van der Waals surface area contributed by atoms with Crippen molar-refractivity contribution in [1.29, 1.82) is 0 Å². The molecule has 0 unspecified atom stereocenters. The lowest BCUT2D eigenvalue weighted by Gasteiger charge is -2.06. The molecule has 0 spiro atoms. The first-order valence-electron chi connectivity index (χ1n) is 4.29. The third-order valence-electron chi connectivity index (χ3n) is 1.74. The summed E-state index contributed by atoms with van der Waals surface area (Å²) in [5, 5.41) is 4.14. The van der Waals surface area contributed by atoms with E-state index < -0.39 is 0 Å². The van der Waals surface area contributed by atoms with E-state index in [2.05, 4.69) is 54.8 Å². The second-order valence-corrected chi connectivity index (χ2v) is 8.10. The van der Waals surface area contributed by atoms with Crippen molar-refractivity contribution in [3.05, 3.63) is 29.0 Å². The molecule has 80 valence electrons. The number of ether oxygens (including phenoxy) is 1.